The summed E-state index contributed by atoms with van der Waals surface area (Å²) < 4.78 is 10.3. The first-order valence-corrected chi connectivity index (χ1v) is 6.68. The number of hydrogen-bond acceptors (Lipinski definition) is 6. The van der Waals surface area contributed by atoms with Gasteiger partial charge in [0, 0.05) is 11.9 Å². The molecule has 0 aromatic heterocycles. The number of esters is 1. The van der Waals surface area contributed by atoms with Gasteiger partial charge in [-0.15, -0.1) is 0 Å². The maximum Gasteiger partial charge on any atom is 0.344 e. The largest absolute Gasteiger partial charge is 0.481 e. The van der Waals surface area contributed by atoms with E-state index in [0.29, 0.717) is 12.4 Å². The average Bonchev–Trinajstić information content (AvgIpc) is 2.47. The molecule has 1 aromatic rings. The Morgan fingerprint density at radius 3 is 2.36 bits per heavy atom. The van der Waals surface area contributed by atoms with Gasteiger partial charge in [0.25, 0.3) is 0 Å². The lowest BCUT2D eigenvalue weighted by atomic mass is 10.1. The fraction of sp³-hybridized carbons (Fsp3) is 0.312. The molecule has 0 unspecified atom stereocenters. The van der Waals surface area contributed by atoms with Crippen molar-refractivity contribution in [2.24, 2.45) is 0 Å². The van der Waals surface area contributed by atoms with Gasteiger partial charge < -0.3 is 14.8 Å². The molecule has 0 atom stereocenters. The van der Waals surface area contributed by atoms with Crippen LogP contribution in [0.5, 0.6) is 5.75 Å². The van der Waals surface area contributed by atoms with E-state index < -0.39 is 5.97 Å². The number of nitriles is 2. The average molecular weight is 299 g/mol. The molecule has 0 aliphatic rings. The Morgan fingerprint density at radius 1 is 1.27 bits per heavy atom. The molecular weight excluding hydrogens is 282 g/mol. The highest BCUT2D eigenvalue weighted by Crippen LogP contribution is 2.27. The van der Waals surface area contributed by atoms with Crippen LogP contribution >= 0.6 is 0 Å². The van der Waals surface area contributed by atoms with Gasteiger partial charge in [-0.3, -0.25) is 0 Å². The van der Waals surface area contributed by atoms with Crippen LogP contribution < -0.4 is 10.1 Å². The first-order valence-electron chi connectivity index (χ1n) is 6.68. The molecular formula is C16H17N3O3. The summed E-state index contributed by atoms with van der Waals surface area (Å²) in [5.74, 6) is 0.197. The van der Waals surface area contributed by atoms with Gasteiger partial charge in [0.05, 0.1) is 6.61 Å². The molecule has 0 saturated carbocycles. The maximum absolute atomic E-state index is 11.3. The molecule has 0 heterocycles. The second kappa shape index (κ2) is 8.33. The van der Waals surface area contributed by atoms with Crippen molar-refractivity contribution in [1.29, 1.82) is 10.5 Å². The summed E-state index contributed by atoms with van der Waals surface area (Å²) >= 11 is 0. The SMILES string of the molecule is CCOC(=O)COc1c(C)cc(NC=C(C#N)C#N)cc1C. The molecule has 0 saturated heterocycles. The van der Waals surface area contributed by atoms with Gasteiger partial charge in [0.15, 0.2) is 6.61 Å². The van der Waals surface area contributed by atoms with Crippen LogP contribution in [0.1, 0.15) is 18.1 Å². The van der Waals surface area contributed by atoms with Crippen LogP contribution in [0.25, 0.3) is 0 Å². The smallest absolute Gasteiger partial charge is 0.344 e. The van der Waals surface area contributed by atoms with Crippen molar-refractivity contribution in [3.63, 3.8) is 0 Å². The lowest BCUT2D eigenvalue weighted by Gasteiger charge is -2.13. The molecule has 0 amide bonds. The van der Waals surface area contributed by atoms with Gasteiger partial charge in [-0.25, -0.2) is 4.79 Å². The number of anilines is 1. The van der Waals surface area contributed by atoms with Gasteiger partial charge in [-0.05, 0) is 44.0 Å². The van der Waals surface area contributed by atoms with E-state index in [4.69, 9.17) is 20.0 Å². The summed E-state index contributed by atoms with van der Waals surface area (Å²) in [6.45, 7) is 5.60. The topological polar surface area (TPSA) is 95.1 Å². The highest BCUT2D eigenvalue weighted by atomic mass is 16.6. The van der Waals surface area contributed by atoms with Crippen LogP contribution in [0.2, 0.25) is 0 Å². The van der Waals surface area contributed by atoms with E-state index >= 15 is 0 Å². The van der Waals surface area contributed by atoms with Gasteiger partial charge in [0.2, 0.25) is 0 Å². The molecule has 1 aromatic carbocycles. The molecule has 114 valence electrons. The Hall–Kier alpha value is -2.99. The van der Waals surface area contributed by atoms with Crippen molar-refractivity contribution in [2.75, 3.05) is 18.5 Å². The molecule has 0 spiro atoms. The van der Waals surface area contributed by atoms with Crippen molar-refractivity contribution in [2.45, 2.75) is 20.8 Å². The molecule has 0 aliphatic heterocycles. The fourth-order valence-electron chi connectivity index (χ4n) is 1.84. The van der Waals surface area contributed by atoms with Crippen LogP contribution in [0.15, 0.2) is 23.9 Å². The summed E-state index contributed by atoms with van der Waals surface area (Å²) in [5.41, 5.74) is 2.37. The molecule has 1 rings (SSSR count). The molecule has 6 heteroatoms. The Labute approximate surface area is 129 Å². The third-order valence-corrected chi connectivity index (χ3v) is 2.72. The number of benzene rings is 1. The summed E-state index contributed by atoms with van der Waals surface area (Å²) in [7, 11) is 0. The number of rotatable bonds is 6. The summed E-state index contributed by atoms with van der Waals surface area (Å²) in [5, 5.41) is 20.2. The zero-order valence-corrected chi connectivity index (χ0v) is 12.8. The molecule has 0 radical (unpaired) electrons. The molecule has 0 aliphatic carbocycles. The second-order valence-corrected chi connectivity index (χ2v) is 4.46. The number of aryl methyl sites for hydroxylation is 2. The summed E-state index contributed by atoms with van der Waals surface area (Å²) in [6.07, 6.45) is 1.34. The standard InChI is InChI=1S/C16H17N3O3/c1-4-21-15(20)10-22-16-11(2)5-14(6-12(16)3)19-9-13(7-17)8-18/h5-6,9,19H,4,10H2,1-3H3. The molecule has 0 fully saturated rings. The highest BCUT2D eigenvalue weighted by Gasteiger charge is 2.09. The van der Waals surface area contributed by atoms with Crippen LogP contribution in [0, 0.1) is 36.5 Å². The lowest BCUT2D eigenvalue weighted by molar-refractivity contribution is -0.145. The van der Waals surface area contributed by atoms with E-state index in [2.05, 4.69) is 5.32 Å². The normalized spacial score (nSPS) is 9.14. The van der Waals surface area contributed by atoms with Gasteiger partial charge in [-0.2, -0.15) is 10.5 Å². The van der Waals surface area contributed by atoms with E-state index in [1.54, 1.807) is 31.2 Å². The highest BCUT2D eigenvalue weighted by molar-refractivity contribution is 5.71. The zero-order valence-electron chi connectivity index (χ0n) is 12.8. The summed E-state index contributed by atoms with van der Waals surface area (Å²) in [4.78, 5) is 11.3. The minimum atomic E-state index is -0.417. The number of carbonyl (C=O) groups is 1. The lowest BCUT2D eigenvalue weighted by Crippen LogP contribution is -2.15. The summed E-state index contributed by atoms with van der Waals surface area (Å²) in [6, 6.07) is 7.14. The molecule has 0 bridgehead atoms. The van der Waals surface area contributed by atoms with E-state index in [1.165, 1.54) is 6.20 Å². The first-order chi connectivity index (χ1) is 10.5. The van der Waals surface area contributed by atoms with Gasteiger partial charge in [0.1, 0.15) is 23.5 Å². The second-order valence-electron chi connectivity index (χ2n) is 4.46. The van der Waals surface area contributed by atoms with Crippen LogP contribution in [-0.2, 0) is 9.53 Å². The Kier molecular flexibility index (Phi) is 6.46. The van der Waals surface area contributed by atoms with Crippen molar-refractivity contribution >= 4 is 11.7 Å². The van der Waals surface area contributed by atoms with Crippen molar-refractivity contribution in [3.05, 3.63) is 35.0 Å². The van der Waals surface area contributed by atoms with E-state index in [1.807, 2.05) is 13.8 Å². The molecule has 22 heavy (non-hydrogen) atoms. The zero-order chi connectivity index (χ0) is 16.5. The Balaban J connectivity index is 2.85. The first kappa shape index (κ1) is 17.1. The van der Waals surface area contributed by atoms with Gasteiger partial charge >= 0.3 is 5.97 Å². The quantitative estimate of drug-likeness (QED) is 0.640. The molecule has 1 N–H and O–H groups in total. The minimum absolute atomic E-state index is 0.0158. The van der Waals surface area contributed by atoms with Crippen molar-refractivity contribution in [3.8, 4) is 17.9 Å². The van der Waals surface area contributed by atoms with Gasteiger partial charge in [-0.1, -0.05) is 0 Å². The maximum atomic E-state index is 11.3. The Bertz CT molecular complexity index is 627. The number of allylic oxidation sites excluding steroid dienone is 1. The van der Waals surface area contributed by atoms with Crippen molar-refractivity contribution < 1.29 is 14.3 Å². The van der Waals surface area contributed by atoms with Crippen LogP contribution in [0.4, 0.5) is 5.69 Å². The number of carbonyl (C=O) groups excluding carboxylic acids is 1. The van der Waals surface area contributed by atoms with E-state index in [9.17, 15) is 4.79 Å². The third-order valence-electron chi connectivity index (χ3n) is 2.72. The fourth-order valence-corrected chi connectivity index (χ4v) is 1.84. The predicted molar refractivity (Wildman–Crippen MR) is 81.0 cm³/mol. The van der Waals surface area contributed by atoms with E-state index in [0.717, 1.165) is 16.8 Å². The Morgan fingerprint density at radius 2 is 1.86 bits per heavy atom. The van der Waals surface area contributed by atoms with Crippen LogP contribution in [-0.4, -0.2) is 19.2 Å². The number of ether oxygens (including phenoxy) is 2. The van der Waals surface area contributed by atoms with Crippen molar-refractivity contribution in [1.82, 2.24) is 0 Å². The van der Waals surface area contributed by atoms with E-state index in [-0.39, 0.29) is 12.2 Å². The third kappa shape index (κ3) is 4.84. The predicted octanol–water partition coefficient (Wildman–Crippen LogP) is 2.59. The number of nitrogens with one attached hydrogen (secondary N) is 1. The number of hydrogen-bond donors (Lipinski definition) is 1. The minimum Gasteiger partial charge on any atom is -0.481 e. The van der Waals surface area contributed by atoms with Crippen LogP contribution in [0.3, 0.4) is 0 Å². The number of nitrogens with zero attached hydrogens (tertiary/aromatic N) is 2. The molecule has 6 nitrogen and oxygen atoms in total. The monoisotopic (exact) mass is 299 g/mol.